The molecule has 0 saturated carbocycles. The molecule has 2 N–H and O–H groups in total. The van der Waals surface area contributed by atoms with E-state index in [2.05, 4.69) is 15.7 Å². The largest absolute Gasteiger partial charge is 0.379 e. The van der Waals surface area contributed by atoms with Gasteiger partial charge in [0.1, 0.15) is 5.82 Å². The summed E-state index contributed by atoms with van der Waals surface area (Å²) >= 11 is 0. The third-order valence-corrected chi connectivity index (χ3v) is 2.85. The number of nitrogens with one attached hydrogen (secondary N) is 2. The number of hydrogen-bond acceptors (Lipinski definition) is 3. The Morgan fingerprint density at radius 3 is 3.00 bits per heavy atom. The molecule has 1 aliphatic heterocycles. The third kappa shape index (κ3) is 3.01. The summed E-state index contributed by atoms with van der Waals surface area (Å²) in [5, 5.41) is 10.1. The topological polar surface area (TPSA) is 68.2 Å². The van der Waals surface area contributed by atoms with E-state index < -0.39 is 0 Å². The highest BCUT2D eigenvalue weighted by Crippen LogP contribution is 2.16. The highest BCUT2D eigenvalue weighted by molar-refractivity contribution is 5.88. The van der Waals surface area contributed by atoms with Crippen LogP contribution in [-0.2, 0) is 4.74 Å². The molecule has 100 valence electrons. The van der Waals surface area contributed by atoms with Crippen molar-refractivity contribution >= 4 is 11.8 Å². The highest BCUT2D eigenvalue weighted by Gasteiger charge is 2.18. The molecule has 0 bridgehead atoms. The number of aromatic nitrogens is 2. The van der Waals surface area contributed by atoms with Crippen LogP contribution in [0.1, 0.15) is 32.0 Å². The van der Waals surface area contributed by atoms with Crippen LogP contribution in [0.5, 0.6) is 0 Å². The summed E-state index contributed by atoms with van der Waals surface area (Å²) in [6, 6.07) is 1.99. The summed E-state index contributed by atoms with van der Waals surface area (Å²) in [7, 11) is 0. The molecule has 0 unspecified atom stereocenters. The molecule has 1 aliphatic rings. The first-order valence-electron chi connectivity index (χ1n) is 6.27. The minimum atomic E-state index is -0.202. The maximum atomic E-state index is 11.8. The average molecular weight is 252 g/mol. The van der Waals surface area contributed by atoms with Crippen molar-refractivity contribution in [1.29, 1.82) is 0 Å². The van der Waals surface area contributed by atoms with E-state index in [1.165, 1.54) is 0 Å². The van der Waals surface area contributed by atoms with E-state index in [9.17, 15) is 4.79 Å². The van der Waals surface area contributed by atoms with Crippen molar-refractivity contribution in [2.75, 3.05) is 18.5 Å². The number of aryl methyl sites for hydroxylation is 1. The van der Waals surface area contributed by atoms with Crippen LogP contribution < -0.4 is 10.6 Å². The molecule has 2 amide bonds. The summed E-state index contributed by atoms with van der Waals surface area (Å²) in [5.74, 6) is 0.721. The van der Waals surface area contributed by atoms with E-state index >= 15 is 0 Å². The molecule has 6 heteroatoms. The van der Waals surface area contributed by atoms with Crippen molar-refractivity contribution in [2.45, 2.75) is 39.3 Å². The zero-order chi connectivity index (χ0) is 13.1. The minimum absolute atomic E-state index is 0.113. The van der Waals surface area contributed by atoms with Crippen molar-refractivity contribution in [2.24, 2.45) is 0 Å². The van der Waals surface area contributed by atoms with Crippen LogP contribution in [0.25, 0.3) is 0 Å². The number of urea groups is 1. The lowest BCUT2D eigenvalue weighted by Gasteiger charge is -2.14. The normalized spacial score (nSPS) is 19.2. The molecule has 0 aliphatic carbocycles. The van der Waals surface area contributed by atoms with Gasteiger partial charge >= 0.3 is 6.03 Å². The predicted octanol–water partition coefficient (Wildman–Crippen LogP) is 1.68. The van der Waals surface area contributed by atoms with Gasteiger partial charge in [-0.15, -0.1) is 0 Å². The lowest BCUT2D eigenvalue weighted by atomic mass is 10.3. The molecule has 1 saturated heterocycles. The molecule has 1 aromatic heterocycles. The molecule has 1 atom stereocenters. The molecule has 0 spiro atoms. The van der Waals surface area contributed by atoms with Crippen molar-refractivity contribution in [3.8, 4) is 0 Å². The molecule has 1 fully saturated rings. The summed E-state index contributed by atoms with van der Waals surface area (Å²) in [6.45, 7) is 7.28. The Morgan fingerprint density at radius 1 is 1.61 bits per heavy atom. The first kappa shape index (κ1) is 12.9. The molecule has 2 heterocycles. The molecule has 1 aromatic rings. The summed E-state index contributed by atoms with van der Waals surface area (Å²) < 4.78 is 7.02. The summed E-state index contributed by atoms with van der Waals surface area (Å²) in [6.07, 6.45) is 0.871. The van der Waals surface area contributed by atoms with E-state index in [1.54, 1.807) is 4.68 Å². The lowest BCUT2D eigenvalue weighted by molar-refractivity contribution is 0.189. The quantitative estimate of drug-likeness (QED) is 0.860. The fourth-order valence-corrected chi connectivity index (χ4v) is 1.99. The van der Waals surface area contributed by atoms with Crippen LogP contribution >= 0.6 is 0 Å². The fourth-order valence-electron chi connectivity index (χ4n) is 1.99. The molecular formula is C12H20N4O2. The number of carbonyl (C=O) groups is 1. The number of carbonyl (C=O) groups excluding carboxylic acids is 1. The number of amides is 2. The van der Waals surface area contributed by atoms with Gasteiger partial charge in [-0.05, 0) is 27.2 Å². The Kier molecular flexibility index (Phi) is 3.86. The number of nitrogens with zero attached hydrogens (tertiary/aromatic N) is 2. The zero-order valence-electron chi connectivity index (χ0n) is 11.1. The molecule has 2 rings (SSSR count). The molecule has 18 heavy (non-hydrogen) atoms. The van der Waals surface area contributed by atoms with Gasteiger partial charge in [0.05, 0.1) is 18.3 Å². The second-order valence-electron chi connectivity index (χ2n) is 4.87. The summed E-state index contributed by atoms with van der Waals surface area (Å²) in [4.78, 5) is 11.8. The number of hydrogen-bond donors (Lipinski definition) is 2. The van der Waals surface area contributed by atoms with Gasteiger partial charge in [-0.1, -0.05) is 0 Å². The molecule has 0 radical (unpaired) electrons. The first-order valence-corrected chi connectivity index (χ1v) is 6.27. The van der Waals surface area contributed by atoms with E-state index in [0.29, 0.717) is 13.2 Å². The van der Waals surface area contributed by atoms with Gasteiger partial charge in [0.2, 0.25) is 0 Å². The second-order valence-corrected chi connectivity index (χ2v) is 4.87. The minimum Gasteiger partial charge on any atom is -0.379 e. The number of rotatable bonds is 3. The van der Waals surface area contributed by atoms with Crippen LogP contribution in [0.2, 0.25) is 0 Å². The standard InChI is InChI=1S/C12H20N4O2/c1-8(2)16-11(6-9(3)15-16)14-12(17)13-10-4-5-18-7-10/h6,8,10H,4-5,7H2,1-3H3,(H2,13,14,17)/t10-/m0/s1. The van der Waals surface area contributed by atoms with E-state index in [1.807, 2.05) is 26.8 Å². The van der Waals surface area contributed by atoms with Crippen LogP contribution in [0, 0.1) is 6.92 Å². The maximum Gasteiger partial charge on any atom is 0.320 e. The van der Waals surface area contributed by atoms with E-state index in [-0.39, 0.29) is 18.1 Å². The first-order chi connectivity index (χ1) is 8.56. The number of anilines is 1. The SMILES string of the molecule is Cc1cc(NC(=O)N[C@H]2CCOC2)n(C(C)C)n1. The zero-order valence-corrected chi connectivity index (χ0v) is 11.1. The van der Waals surface area contributed by atoms with Gasteiger partial charge in [0.25, 0.3) is 0 Å². The van der Waals surface area contributed by atoms with Crippen LogP contribution in [0.15, 0.2) is 6.07 Å². The highest BCUT2D eigenvalue weighted by atomic mass is 16.5. The van der Waals surface area contributed by atoms with Gasteiger partial charge in [-0.25, -0.2) is 9.48 Å². The summed E-state index contributed by atoms with van der Waals surface area (Å²) in [5.41, 5.74) is 0.892. The van der Waals surface area contributed by atoms with Crippen LogP contribution in [0.3, 0.4) is 0 Å². The van der Waals surface area contributed by atoms with Gasteiger partial charge in [-0.3, -0.25) is 5.32 Å². The number of ether oxygens (including phenoxy) is 1. The van der Waals surface area contributed by atoms with Crippen molar-refractivity contribution < 1.29 is 9.53 Å². The van der Waals surface area contributed by atoms with Gasteiger partial charge in [0, 0.05) is 18.7 Å². The van der Waals surface area contributed by atoms with Gasteiger partial charge in [-0.2, -0.15) is 5.10 Å². The van der Waals surface area contributed by atoms with E-state index in [4.69, 9.17) is 4.74 Å². The Morgan fingerprint density at radius 2 is 2.39 bits per heavy atom. The lowest BCUT2D eigenvalue weighted by Crippen LogP contribution is -2.38. The van der Waals surface area contributed by atoms with Crippen molar-refractivity contribution in [3.63, 3.8) is 0 Å². The molecular weight excluding hydrogens is 232 g/mol. The fraction of sp³-hybridized carbons (Fsp3) is 0.667. The Labute approximate surface area is 107 Å². The van der Waals surface area contributed by atoms with Gasteiger partial charge in [0.15, 0.2) is 0 Å². The Hall–Kier alpha value is -1.56. The van der Waals surface area contributed by atoms with Crippen LogP contribution in [-0.4, -0.2) is 35.1 Å². The Balaban J connectivity index is 1.97. The predicted molar refractivity (Wildman–Crippen MR) is 68.7 cm³/mol. The van der Waals surface area contributed by atoms with E-state index in [0.717, 1.165) is 17.9 Å². The monoisotopic (exact) mass is 252 g/mol. The maximum absolute atomic E-state index is 11.8. The van der Waals surface area contributed by atoms with Crippen molar-refractivity contribution in [1.82, 2.24) is 15.1 Å². The third-order valence-electron chi connectivity index (χ3n) is 2.85. The smallest absolute Gasteiger partial charge is 0.320 e. The second kappa shape index (κ2) is 5.39. The van der Waals surface area contributed by atoms with Gasteiger partial charge < -0.3 is 10.1 Å². The molecule has 6 nitrogen and oxygen atoms in total. The average Bonchev–Trinajstić information content (AvgIpc) is 2.88. The molecule has 0 aromatic carbocycles. The van der Waals surface area contributed by atoms with Crippen LogP contribution in [0.4, 0.5) is 10.6 Å². The Bertz CT molecular complexity index is 422. The van der Waals surface area contributed by atoms with Crippen molar-refractivity contribution in [3.05, 3.63) is 11.8 Å².